The molecule has 3 aromatic rings. The quantitative estimate of drug-likeness (QED) is 0.656. The smallest absolute Gasteiger partial charge is 0.223 e. The Hall–Kier alpha value is -3.00. The van der Waals surface area contributed by atoms with E-state index in [2.05, 4.69) is 46.2 Å². The Labute approximate surface area is 164 Å². The van der Waals surface area contributed by atoms with E-state index < -0.39 is 0 Å². The van der Waals surface area contributed by atoms with Gasteiger partial charge in [-0.2, -0.15) is 4.98 Å². The normalized spacial score (nSPS) is 11.5. The van der Waals surface area contributed by atoms with Gasteiger partial charge in [-0.15, -0.1) is 0 Å². The van der Waals surface area contributed by atoms with Crippen molar-refractivity contribution in [1.82, 2.24) is 20.1 Å². The van der Waals surface area contributed by atoms with Crippen LogP contribution in [0.3, 0.4) is 0 Å². The lowest BCUT2D eigenvalue weighted by Crippen LogP contribution is -2.18. The molecule has 0 amide bonds. The maximum Gasteiger partial charge on any atom is 0.223 e. The summed E-state index contributed by atoms with van der Waals surface area (Å²) in [6.45, 7) is 8.68. The standard InChI is InChI=1S/C20H25N5O3/c1-13-21-18(25-28-13)12-27-16-8-6-14(7-9-16)22-17-10-15(11-26-5)23-19(24-17)20(2,3)4/h6-10H,11-12H2,1-5H3,(H,22,23,24). The number of aromatic nitrogens is 4. The Kier molecular flexibility index (Phi) is 5.89. The molecule has 2 heterocycles. The van der Waals surface area contributed by atoms with Crippen LogP contribution >= 0.6 is 0 Å². The van der Waals surface area contributed by atoms with Crippen LogP contribution in [0.15, 0.2) is 34.9 Å². The molecule has 0 spiro atoms. The highest BCUT2D eigenvalue weighted by Gasteiger charge is 2.19. The average Bonchev–Trinajstić information content (AvgIpc) is 3.06. The zero-order chi connectivity index (χ0) is 20.1. The zero-order valence-corrected chi connectivity index (χ0v) is 16.8. The molecular weight excluding hydrogens is 358 g/mol. The molecule has 8 heteroatoms. The van der Waals surface area contributed by atoms with E-state index in [1.807, 2.05) is 30.3 Å². The van der Waals surface area contributed by atoms with E-state index in [1.165, 1.54) is 0 Å². The fraction of sp³-hybridized carbons (Fsp3) is 0.400. The van der Waals surface area contributed by atoms with Crippen molar-refractivity contribution in [3.05, 3.63) is 53.6 Å². The molecule has 148 valence electrons. The molecule has 2 aromatic heterocycles. The first-order valence-electron chi connectivity index (χ1n) is 9.00. The number of anilines is 2. The first kappa shape index (κ1) is 19.8. The van der Waals surface area contributed by atoms with Crippen molar-refractivity contribution in [2.75, 3.05) is 12.4 Å². The van der Waals surface area contributed by atoms with E-state index in [-0.39, 0.29) is 12.0 Å². The van der Waals surface area contributed by atoms with Gasteiger partial charge in [0.25, 0.3) is 0 Å². The fourth-order valence-electron chi connectivity index (χ4n) is 2.45. The van der Waals surface area contributed by atoms with Crippen LogP contribution in [0.5, 0.6) is 5.75 Å². The van der Waals surface area contributed by atoms with Crippen molar-refractivity contribution in [3.8, 4) is 5.75 Å². The van der Waals surface area contributed by atoms with E-state index in [0.29, 0.717) is 24.1 Å². The van der Waals surface area contributed by atoms with Crippen LogP contribution in [0.25, 0.3) is 0 Å². The van der Waals surface area contributed by atoms with Gasteiger partial charge in [-0.05, 0) is 24.3 Å². The highest BCUT2D eigenvalue weighted by Crippen LogP contribution is 2.24. The second-order valence-electron chi connectivity index (χ2n) is 7.42. The molecule has 3 rings (SSSR count). The van der Waals surface area contributed by atoms with Gasteiger partial charge < -0.3 is 19.3 Å². The molecule has 28 heavy (non-hydrogen) atoms. The van der Waals surface area contributed by atoms with Gasteiger partial charge in [0, 0.05) is 31.2 Å². The third kappa shape index (κ3) is 5.26. The van der Waals surface area contributed by atoms with Crippen LogP contribution in [0.4, 0.5) is 11.5 Å². The third-order valence-electron chi connectivity index (χ3n) is 3.81. The van der Waals surface area contributed by atoms with E-state index in [4.69, 9.17) is 14.0 Å². The van der Waals surface area contributed by atoms with Gasteiger partial charge in [0.2, 0.25) is 11.7 Å². The maximum absolute atomic E-state index is 5.67. The van der Waals surface area contributed by atoms with Gasteiger partial charge in [0.1, 0.15) is 17.4 Å². The summed E-state index contributed by atoms with van der Waals surface area (Å²) in [5, 5.41) is 7.13. The van der Waals surface area contributed by atoms with Crippen molar-refractivity contribution in [1.29, 1.82) is 0 Å². The molecule has 0 aliphatic carbocycles. The number of benzene rings is 1. The van der Waals surface area contributed by atoms with Crippen molar-refractivity contribution in [2.45, 2.75) is 46.3 Å². The summed E-state index contributed by atoms with van der Waals surface area (Å²) in [6.07, 6.45) is 0. The van der Waals surface area contributed by atoms with Gasteiger partial charge in [-0.1, -0.05) is 25.9 Å². The summed E-state index contributed by atoms with van der Waals surface area (Å²) >= 11 is 0. The molecule has 1 aromatic carbocycles. The van der Waals surface area contributed by atoms with E-state index >= 15 is 0 Å². The summed E-state index contributed by atoms with van der Waals surface area (Å²) in [5.74, 6) is 3.24. The summed E-state index contributed by atoms with van der Waals surface area (Å²) in [4.78, 5) is 13.3. The molecule has 0 radical (unpaired) electrons. The third-order valence-corrected chi connectivity index (χ3v) is 3.81. The molecule has 0 fully saturated rings. The van der Waals surface area contributed by atoms with Crippen LogP contribution in [0.2, 0.25) is 0 Å². The molecule has 0 aliphatic heterocycles. The number of nitrogens with one attached hydrogen (secondary N) is 1. The van der Waals surface area contributed by atoms with Gasteiger partial charge in [0.05, 0.1) is 12.3 Å². The number of methoxy groups -OCH3 is 1. The summed E-state index contributed by atoms with van der Waals surface area (Å²) < 4.78 is 15.8. The van der Waals surface area contributed by atoms with Crippen LogP contribution in [-0.4, -0.2) is 27.2 Å². The van der Waals surface area contributed by atoms with Crippen molar-refractivity contribution in [2.24, 2.45) is 0 Å². The number of ether oxygens (including phenoxy) is 2. The number of hydrogen-bond donors (Lipinski definition) is 1. The van der Waals surface area contributed by atoms with Gasteiger partial charge in [-0.3, -0.25) is 0 Å². The molecule has 0 aliphatic rings. The highest BCUT2D eigenvalue weighted by atomic mass is 16.5. The summed E-state index contributed by atoms with van der Waals surface area (Å²) in [7, 11) is 1.65. The van der Waals surface area contributed by atoms with Gasteiger partial charge >= 0.3 is 0 Å². The monoisotopic (exact) mass is 383 g/mol. The number of aryl methyl sites for hydroxylation is 1. The van der Waals surface area contributed by atoms with E-state index in [0.717, 1.165) is 23.0 Å². The first-order chi connectivity index (χ1) is 13.3. The second kappa shape index (κ2) is 8.35. The Morgan fingerprint density at radius 3 is 2.39 bits per heavy atom. The van der Waals surface area contributed by atoms with Crippen LogP contribution in [0, 0.1) is 6.92 Å². The Bertz CT molecular complexity index is 916. The van der Waals surface area contributed by atoms with Crippen molar-refractivity contribution in [3.63, 3.8) is 0 Å². The zero-order valence-electron chi connectivity index (χ0n) is 16.8. The van der Waals surface area contributed by atoms with Crippen molar-refractivity contribution >= 4 is 11.5 Å². The lowest BCUT2D eigenvalue weighted by Gasteiger charge is -2.19. The lowest BCUT2D eigenvalue weighted by atomic mass is 9.95. The number of hydrogen-bond acceptors (Lipinski definition) is 8. The van der Waals surface area contributed by atoms with Gasteiger partial charge in [-0.25, -0.2) is 9.97 Å². The Morgan fingerprint density at radius 2 is 1.79 bits per heavy atom. The molecular formula is C20H25N5O3. The fourth-order valence-corrected chi connectivity index (χ4v) is 2.45. The molecule has 8 nitrogen and oxygen atoms in total. The molecule has 0 unspecified atom stereocenters. The molecule has 0 saturated heterocycles. The average molecular weight is 383 g/mol. The van der Waals surface area contributed by atoms with Crippen LogP contribution in [-0.2, 0) is 23.4 Å². The topological polar surface area (TPSA) is 95.2 Å². The minimum Gasteiger partial charge on any atom is -0.485 e. The molecule has 0 atom stereocenters. The van der Waals surface area contributed by atoms with E-state index in [1.54, 1.807) is 14.0 Å². The largest absolute Gasteiger partial charge is 0.485 e. The lowest BCUT2D eigenvalue weighted by molar-refractivity contribution is 0.181. The van der Waals surface area contributed by atoms with Crippen LogP contribution in [0.1, 0.15) is 44.0 Å². The predicted octanol–water partition coefficient (Wildman–Crippen LogP) is 3.93. The second-order valence-corrected chi connectivity index (χ2v) is 7.42. The highest BCUT2D eigenvalue weighted by molar-refractivity contribution is 5.57. The Balaban J connectivity index is 1.70. The Morgan fingerprint density at radius 1 is 1.04 bits per heavy atom. The minimum absolute atomic E-state index is 0.161. The maximum atomic E-state index is 5.67. The SMILES string of the molecule is COCc1cc(Nc2ccc(OCc3noc(C)n3)cc2)nc(C(C)(C)C)n1. The van der Waals surface area contributed by atoms with Gasteiger partial charge in [0.15, 0.2) is 6.61 Å². The summed E-state index contributed by atoms with van der Waals surface area (Å²) in [5.41, 5.74) is 1.57. The first-order valence-corrected chi connectivity index (χ1v) is 9.00. The number of nitrogens with zero attached hydrogens (tertiary/aromatic N) is 4. The molecule has 1 N–H and O–H groups in total. The molecule has 0 saturated carbocycles. The molecule has 0 bridgehead atoms. The van der Waals surface area contributed by atoms with Crippen LogP contribution < -0.4 is 10.1 Å². The van der Waals surface area contributed by atoms with Crippen molar-refractivity contribution < 1.29 is 14.0 Å². The predicted molar refractivity (Wildman–Crippen MR) is 105 cm³/mol. The summed E-state index contributed by atoms with van der Waals surface area (Å²) in [6, 6.07) is 9.48. The number of rotatable bonds is 7. The minimum atomic E-state index is -0.161. The van der Waals surface area contributed by atoms with E-state index in [9.17, 15) is 0 Å².